The van der Waals surface area contributed by atoms with Gasteiger partial charge in [-0.2, -0.15) is 0 Å². The Morgan fingerprint density at radius 2 is 0.949 bits per heavy atom. The van der Waals surface area contributed by atoms with E-state index in [1.165, 1.54) is 12.1 Å². The molecular formula is C33H25Cl2FNOP. The van der Waals surface area contributed by atoms with Gasteiger partial charge in [-0.15, -0.1) is 0 Å². The lowest BCUT2D eigenvalue weighted by Crippen LogP contribution is -3.00. The van der Waals surface area contributed by atoms with Gasteiger partial charge >= 0.3 is 0 Å². The molecule has 5 aromatic rings. The van der Waals surface area contributed by atoms with Crippen LogP contribution in [0.5, 0.6) is 0 Å². The van der Waals surface area contributed by atoms with Crippen LogP contribution >= 0.6 is 18.9 Å². The second kappa shape index (κ2) is 12.9. The molecule has 39 heavy (non-hydrogen) atoms. The van der Waals surface area contributed by atoms with Gasteiger partial charge in [0.1, 0.15) is 26.8 Å². The molecule has 2 nitrogen and oxygen atoms in total. The van der Waals surface area contributed by atoms with Crippen molar-refractivity contribution < 1.29 is 21.6 Å². The predicted octanol–water partition coefficient (Wildman–Crippen LogP) is 4.12. The minimum absolute atomic E-state index is 0. The molecule has 5 aromatic carbocycles. The number of hydrogen-bond donors (Lipinski definition) is 1. The Balaban J connectivity index is 0.00000353. The summed E-state index contributed by atoms with van der Waals surface area (Å²) in [6.45, 7) is 0. The number of nitrogens with one attached hydrogen (secondary N) is 1. The number of hydrogen-bond acceptors (Lipinski definition) is 1. The van der Waals surface area contributed by atoms with E-state index in [0.29, 0.717) is 21.6 Å². The lowest BCUT2D eigenvalue weighted by atomic mass is 10.2. The maximum Gasteiger partial charge on any atom is 0.258 e. The molecule has 0 unspecified atom stereocenters. The molecule has 0 fully saturated rings. The fourth-order valence-corrected chi connectivity index (χ4v) is 9.35. The fourth-order valence-electron chi connectivity index (χ4n) is 4.58. The monoisotopic (exact) mass is 571 g/mol. The number of amides is 1. The van der Waals surface area contributed by atoms with E-state index in [-0.39, 0.29) is 24.1 Å². The Morgan fingerprint density at radius 1 is 0.564 bits per heavy atom. The van der Waals surface area contributed by atoms with Crippen LogP contribution in [-0.4, -0.2) is 5.91 Å². The van der Waals surface area contributed by atoms with Crippen LogP contribution in [0.1, 0.15) is 15.9 Å². The second-order valence-corrected chi connectivity index (χ2v) is 12.4. The van der Waals surface area contributed by atoms with Gasteiger partial charge in [-0.3, -0.25) is 10.1 Å². The van der Waals surface area contributed by atoms with Crippen LogP contribution in [0, 0.1) is 5.82 Å². The summed E-state index contributed by atoms with van der Waals surface area (Å²) in [7, 11) is -2.75. The van der Waals surface area contributed by atoms with E-state index in [1.807, 2.05) is 72.8 Å². The minimum atomic E-state index is -2.75. The Kier molecular flexibility index (Phi) is 9.32. The maximum atomic E-state index is 13.9. The first-order chi connectivity index (χ1) is 18.6. The smallest absolute Gasteiger partial charge is 0.258 e. The Hall–Kier alpha value is -3.75. The first-order valence-corrected chi connectivity index (χ1v) is 14.4. The van der Waals surface area contributed by atoms with Crippen molar-refractivity contribution in [2.75, 3.05) is 0 Å². The van der Waals surface area contributed by atoms with Gasteiger partial charge in [0.15, 0.2) is 12.7 Å². The third-order valence-electron chi connectivity index (χ3n) is 6.34. The van der Waals surface area contributed by atoms with Gasteiger partial charge < -0.3 is 12.4 Å². The van der Waals surface area contributed by atoms with E-state index in [0.717, 1.165) is 15.9 Å². The highest BCUT2D eigenvalue weighted by Gasteiger charge is 2.52. The van der Waals surface area contributed by atoms with Gasteiger partial charge in [-0.1, -0.05) is 96.5 Å². The van der Waals surface area contributed by atoms with Crippen LogP contribution in [0.2, 0.25) is 0 Å². The lowest BCUT2D eigenvalue weighted by Gasteiger charge is -2.30. The summed E-state index contributed by atoms with van der Waals surface area (Å²) in [6, 6.07) is 45.5. The summed E-state index contributed by atoms with van der Waals surface area (Å²) in [6.07, 6.45) is 0. The van der Waals surface area contributed by atoms with Crippen LogP contribution in [0.3, 0.4) is 0 Å². The van der Waals surface area contributed by atoms with Gasteiger partial charge in [0.05, 0.1) is 0 Å². The highest BCUT2D eigenvalue weighted by molar-refractivity contribution is 7.99. The molecule has 0 aliphatic rings. The molecular weight excluding hydrogens is 547 g/mol. The second-order valence-electron chi connectivity index (χ2n) is 8.67. The zero-order valence-corrected chi connectivity index (χ0v) is 23.3. The van der Waals surface area contributed by atoms with Crippen LogP contribution in [-0.2, 0) is 0 Å². The molecule has 0 bridgehead atoms. The number of carbonyl (C=O) groups excluding carboxylic acids is 1. The molecule has 5 rings (SSSR count). The molecule has 1 N–H and O–H groups in total. The molecule has 0 aliphatic heterocycles. The van der Waals surface area contributed by atoms with Gasteiger partial charge in [-0.05, 0) is 66.2 Å². The highest BCUT2D eigenvalue weighted by atomic mass is 35.5. The first kappa shape index (κ1) is 28.3. The summed E-state index contributed by atoms with van der Waals surface area (Å²) in [4.78, 5) is 13.7. The quantitative estimate of drug-likeness (QED) is 0.293. The standard InChI is InChI=1S/C33H24ClFNOP.ClH/c34-31(25-21-23-27(35)24-22-25)33(36-32(37)26-13-5-1-6-14-26)38(28-15-7-2-8-16-28,29-17-9-3-10-18-29)30-19-11-4-12-20-30;/h1-24H;1H/b33-31+;. The van der Waals surface area contributed by atoms with Crippen LogP contribution in [0.25, 0.3) is 5.03 Å². The topological polar surface area (TPSA) is 29.1 Å². The number of rotatable bonds is 7. The molecule has 0 aliphatic carbocycles. The van der Waals surface area contributed by atoms with Crippen molar-refractivity contribution in [3.05, 3.63) is 168 Å². The SMILES string of the molecule is O=C(N/C(=C(\Cl)c1ccc(F)cc1)[P+](c1ccccc1)(c1ccccc1)c1ccccc1)c1ccccc1.[Cl-]. The molecule has 194 valence electrons. The maximum absolute atomic E-state index is 13.9. The molecule has 0 radical (unpaired) electrons. The average Bonchev–Trinajstić information content (AvgIpc) is 2.99. The summed E-state index contributed by atoms with van der Waals surface area (Å²) in [5, 5.41) is 6.69. The van der Waals surface area contributed by atoms with Gasteiger partial charge in [-0.25, -0.2) is 4.39 Å². The summed E-state index contributed by atoms with van der Waals surface area (Å²) >= 11 is 7.26. The van der Waals surface area contributed by atoms with Crippen molar-refractivity contribution in [2.45, 2.75) is 0 Å². The van der Waals surface area contributed by atoms with Crippen LogP contribution in [0.15, 0.2) is 151 Å². The van der Waals surface area contributed by atoms with Crippen molar-refractivity contribution >= 4 is 45.7 Å². The Bertz CT molecular complexity index is 1450. The lowest BCUT2D eigenvalue weighted by molar-refractivity contribution is -0.0000160. The molecule has 0 saturated heterocycles. The third-order valence-corrected chi connectivity index (χ3v) is 11.1. The van der Waals surface area contributed by atoms with E-state index in [4.69, 9.17) is 11.6 Å². The summed E-state index contributed by atoms with van der Waals surface area (Å²) < 4.78 is 13.9. The zero-order chi connectivity index (χ0) is 26.4. The van der Waals surface area contributed by atoms with Crippen molar-refractivity contribution in [1.29, 1.82) is 0 Å². The van der Waals surface area contributed by atoms with Crippen LogP contribution in [0.4, 0.5) is 4.39 Å². The van der Waals surface area contributed by atoms with E-state index in [9.17, 15) is 9.18 Å². The largest absolute Gasteiger partial charge is 1.00 e. The summed E-state index contributed by atoms with van der Waals surface area (Å²) in [5.41, 5.74) is 1.72. The van der Waals surface area contributed by atoms with Crippen molar-refractivity contribution in [1.82, 2.24) is 5.32 Å². The fraction of sp³-hybridized carbons (Fsp3) is 0. The third kappa shape index (κ3) is 5.82. The van der Waals surface area contributed by atoms with Crippen molar-refractivity contribution in [3.63, 3.8) is 0 Å². The number of benzene rings is 5. The zero-order valence-electron chi connectivity index (χ0n) is 20.8. The number of carbonyl (C=O) groups is 1. The van der Waals surface area contributed by atoms with Gasteiger partial charge in [0.25, 0.3) is 5.91 Å². The Morgan fingerprint density at radius 3 is 1.36 bits per heavy atom. The molecule has 0 heterocycles. The molecule has 0 saturated carbocycles. The van der Waals surface area contributed by atoms with Crippen molar-refractivity contribution in [3.8, 4) is 0 Å². The van der Waals surface area contributed by atoms with E-state index < -0.39 is 7.26 Å². The summed E-state index contributed by atoms with van der Waals surface area (Å²) in [5.74, 6) is -0.628. The normalized spacial score (nSPS) is 11.6. The van der Waals surface area contributed by atoms with Crippen molar-refractivity contribution in [2.24, 2.45) is 0 Å². The van der Waals surface area contributed by atoms with E-state index >= 15 is 0 Å². The molecule has 6 heteroatoms. The number of halogens is 3. The van der Waals surface area contributed by atoms with E-state index in [1.54, 1.807) is 24.3 Å². The van der Waals surface area contributed by atoms with Gasteiger partial charge in [0.2, 0.25) is 0 Å². The molecule has 1 amide bonds. The minimum Gasteiger partial charge on any atom is -1.00 e. The van der Waals surface area contributed by atoms with E-state index in [2.05, 4.69) is 41.7 Å². The molecule has 0 spiro atoms. The Labute approximate surface area is 239 Å². The predicted molar refractivity (Wildman–Crippen MR) is 158 cm³/mol. The first-order valence-electron chi connectivity index (χ1n) is 12.2. The average molecular weight is 572 g/mol. The molecule has 0 aromatic heterocycles. The van der Waals surface area contributed by atoms with Gasteiger partial charge in [0, 0.05) is 5.56 Å². The molecule has 0 atom stereocenters. The highest BCUT2D eigenvalue weighted by Crippen LogP contribution is 2.63. The van der Waals surface area contributed by atoms with Crippen LogP contribution < -0.4 is 33.6 Å².